The molecule has 5 unspecified atom stereocenters. The summed E-state index contributed by atoms with van der Waals surface area (Å²) in [4.78, 5) is 11.3. The van der Waals surface area contributed by atoms with Gasteiger partial charge in [-0.1, -0.05) is 6.58 Å². The van der Waals surface area contributed by atoms with Gasteiger partial charge in [0.25, 0.3) is 0 Å². The van der Waals surface area contributed by atoms with Crippen molar-refractivity contribution in [2.75, 3.05) is 6.61 Å². The van der Waals surface area contributed by atoms with E-state index in [0.29, 0.717) is 0 Å². The zero-order valence-electron chi connectivity index (χ0n) is 8.83. The maximum Gasteiger partial charge on any atom is 0.333 e. The van der Waals surface area contributed by atoms with Crippen LogP contribution < -0.4 is 0 Å². The molecule has 2 heterocycles. The standard InChI is InChI=1S/C10H14O6/c1-4(2)9(13)16-8-7(12)6(11)5-3-14-10(8)15-5/h5-8,10-12H,1,3H2,2H3. The van der Waals surface area contributed by atoms with Gasteiger partial charge in [0.05, 0.1) is 6.61 Å². The summed E-state index contributed by atoms with van der Waals surface area (Å²) in [6.07, 6.45) is -4.69. The first-order valence-electron chi connectivity index (χ1n) is 5.00. The number of carbonyl (C=O) groups excluding carboxylic acids is 1. The zero-order valence-corrected chi connectivity index (χ0v) is 8.83. The van der Waals surface area contributed by atoms with Gasteiger partial charge in [-0.2, -0.15) is 0 Å². The van der Waals surface area contributed by atoms with Crippen molar-refractivity contribution >= 4 is 5.97 Å². The van der Waals surface area contributed by atoms with Crippen LogP contribution in [0.25, 0.3) is 0 Å². The first-order chi connectivity index (χ1) is 7.50. The van der Waals surface area contributed by atoms with E-state index in [-0.39, 0.29) is 12.2 Å². The van der Waals surface area contributed by atoms with E-state index in [9.17, 15) is 15.0 Å². The van der Waals surface area contributed by atoms with E-state index < -0.39 is 36.7 Å². The minimum Gasteiger partial charge on any atom is -0.451 e. The van der Waals surface area contributed by atoms with E-state index in [1.54, 1.807) is 0 Å². The second-order valence-electron chi connectivity index (χ2n) is 4.01. The third-order valence-electron chi connectivity index (χ3n) is 2.66. The van der Waals surface area contributed by atoms with Gasteiger partial charge in [-0.05, 0) is 6.92 Å². The van der Waals surface area contributed by atoms with Gasteiger partial charge in [-0.25, -0.2) is 4.79 Å². The van der Waals surface area contributed by atoms with Crippen LogP contribution >= 0.6 is 0 Å². The summed E-state index contributed by atoms with van der Waals surface area (Å²) in [5.74, 6) is -0.645. The SMILES string of the molecule is C=C(C)C(=O)OC1C2OCC(O2)C(O)C1O. The van der Waals surface area contributed by atoms with E-state index in [1.165, 1.54) is 6.92 Å². The number of ether oxygens (including phenoxy) is 3. The van der Waals surface area contributed by atoms with Crippen molar-refractivity contribution in [2.45, 2.75) is 37.6 Å². The summed E-state index contributed by atoms with van der Waals surface area (Å²) >= 11 is 0. The summed E-state index contributed by atoms with van der Waals surface area (Å²) < 4.78 is 15.4. The minimum absolute atomic E-state index is 0.185. The lowest BCUT2D eigenvalue weighted by Crippen LogP contribution is -2.55. The van der Waals surface area contributed by atoms with Gasteiger partial charge in [-0.15, -0.1) is 0 Å². The molecule has 2 N–H and O–H groups in total. The molecule has 16 heavy (non-hydrogen) atoms. The third-order valence-corrected chi connectivity index (χ3v) is 2.66. The molecule has 2 saturated heterocycles. The van der Waals surface area contributed by atoms with Gasteiger partial charge in [0.2, 0.25) is 0 Å². The van der Waals surface area contributed by atoms with Gasteiger partial charge in [0, 0.05) is 5.57 Å². The number of aliphatic hydroxyl groups is 2. The second-order valence-corrected chi connectivity index (χ2v) is 4.01. The van der Waals surface area contributed by atoms with E-state index >= 15 is 0 Å². The summed E-state index contributed by atoms with van der Waals surface area (Å²) in [5, 5.41) is 19.3. The fourth-order valence-electron chi connectivity index (χ4n) is 1.72. The topological polar surface area (TPSA) is 85.2 Å². The molecule has 90 valence electrons. The van der Waals surface area contributed by atoms with Crippen molar-refractivity contribution in [3.8, 4) is 0 Å². The maximum atomic E-state index is 11.3. The number of esters is 1. The van der Waals surface area contributed by atoms with Gasteiger partial charge < -0.3 is 24.4 Å². The van der Waals surface area contributed by atoms with Crippen molar-refractivity contribution in [3.63, 3.8) is 0 Å². The maximum absolute atomic E-state index is 11.3. The second kappa shape index (κ2) is 4.14. The quantitative estimate of drug-likeness (QED) is 0.465. The highest BCUT2D eigenvalue weighted by Gasteiger charge is 2.51. The summed E-state index contributed by atoms with van der Waals surface area (Å²) in [6, 6.07) is 0. The molecule has 0 amide bonds. The molecule has 0 aliphatic carbocycles. The van der Waals surface area contributed by atoms with Crippen molar-refractivity contribution in [1.29, 1.82) is 0 Å². The van der Waals surface area contributed by atoms with Crippen LogP contribution in [0.4, 0.5) is 0 Å². The van der Waals surface area contributed by atoms with Crippen LogP contribution in [0.3, 0.4) is 0 Å². The zero-order chi connectivity index (χ0) is 11.9. The molecule has 0 radical (unpaired) electrons. The van der Waals surface area contributed by atoms with Crippen LogP contribution in [0.1, 0.15) is 6.92 Å². The monoisotopic (exact) mass is 230 g/mol. The van der Waals surface area contributed by atoms with Crippen LogP contribution in [-0.4, -0.2) is 53.5 Å². The number of hydrogen-bond acceptors (Lipinski definition) is 6. The largest absolute Gasteiger partial charge is 0.451 e. The lowest BCUT2D eigenvalue weighted by atomic mass is 10.0. The van der Waals surface area contributed by atoms with Gasteiger partial charge in [0.15, 0.2) is 12.4 Å². The number of fused-ring (bicyclic) bond motifs is 2. The van der Waals surface area contributed by atoms with E-state index in [4.69, 9.17) is 14.2 Å². The van der Waals surface area contributed by atoms with Crippen LogP contribution in [-0.2, 0) is 19.0 Å². The Balaban J connectivity index is 2.08. The highest BCUT2D eigenvalue weighted by atomic mass is 16.8. The van der Waals surface area contributed by atoms with Gasteiger partial charge in [-0.3, -0.25) is 0 Å². The Hall–Kier alpha value is -0.950. The number of carbonyl (C=O) groups is 1. The minimum atomic E-state index is -1.20. The molecule has 2 rings (SSSR count). The molecule has 0 aromatic carbocycles. The lowest BCUT2D eigenvalue weighted by Gasteiger charge is -2.34. The number of rotatable bonds is 2. The lowest BCUT2D eigenvalue weighted by molar-refractivity contribution is -0.238. The smallest absolute Gasteiger partial charge is 0.333 e. The number of aliphatic hydroxyl groups excluding tert-OH is 2. The molecular weight excluding hydrogens is 216 g/mol. The van der Waals surface area contributed by atoms with Crippen molar-refractivity contribution in [2.24, 2.45) is 0 Å². The molecule has 0 aromatic rings. The molecule has 2 aliphatic rings. The Kier molecular flexibility index (Phi) is 2.98. The molecule has 2 aliphatic heterocycles. The van der Waals surface area contributed by atoms with E-state index in [1.807, 2.05) is 0 Å². The normalized spacial score (nSPS) is 41.8. The van der Waals surface area contributed by atoms with Crippen molar-refractivity contribution in [1.82, 2.24) is 0 Å². The number of hydrogen-bond donors (Lipinski definition) is 2. The average molecular weight is 230 g/mol. The Labute approximate surface area is 92.4 Å². The Morgan fingerprint density at radius 2 is 2.12 bits per heavy atom. The molecule has 2 bridgehead atoms. The van der Waals surface area contributed by atoms with Crippen LogP contribution in [0.5, 0.6) is 0 Å². The summed E-state index contributed by atoms with van der Waals surface area (Å²) in [6.45, 7) is 5.10. The molecule has 0 spiro atoms. The van der Waals surface area contributed by atoms with E-state index in [2.05, 4.69) is 6.58 Å². The van der Waals surface area contributed by atoms with Gasteiger partial charge in [0.1, 0.15) is 18.3 Å². The molecule has 2 fully saturated rings. The molecule has 0 saturated carbocycles. The predicted molar refractivity (Wildman–Crippen MR) is 51.3 cm³/mol. The van der Waals surface area contributed by atoms with Crippen molar-refractivity contribution in [3.05, 3.63) is 12.2 Å². The van der Waals surface area contributed by atoms with Crippen molar-refractivity contribution < 1.29 is 29.2 Å². The fourth-order valence-corrected chi connectivity index (χ4v) is 1.72. The fraction of sp³-hybridized carbons (Fsp3) is 0.700. The van der Waals surface area contributed by atoms with Gasteiger partial charge >= 0.3 is 5.97 Å². The predicted octanol–water partition coefficient (Wildman–Crippen LogP) is -1.05. The molecule has 5 atom stereocenters. The third kappa shape index (κ3) is 1.84. The van der Waals surface area contributed by atoms with Crippen LogP contribution in [0, 0.1) is 0 Å². The van der Waals surface area contributed by atoms with E-state index in [0.717, 1.165) is 0 Å². The van der Waals surface area contributed by atoms with Crippen LogP contribution in [0.2, 0.25) is 0 Å². The molecule has 0 aromatic heterocycles. The Morgan fingerprint density at radius 3 is 2.75 bits per heavy atom. The summed E-state index contributed by atoms with van der Waals surface area (Å²) in [5.41, 5.74) is 0.210. The summed E-state index contributed by atoms with van der Waals surface area (Å²) in [7, 11) is 0. The molecule has 6 nitrogen and oxygen atoms in total. The molecular formula is C10H14O6. The molecule has 6 heteroatoms. The highest BCUT2D eigenvalue weighted by Crippen LogP contribution is 2.30. The van der Waals surface area contributed by atoms with Crippen LogP contribution in [0.15, 0.2) is 12.2 Å². The first kappa shape index (κ1) is 11.5. The Morgan fingerprint density at radius 1 is 1.44 bits per heavy atom. The highest BCUT2D eigenvalue weighted by molar-refractivity contribution is 5.87. The average Bonchev–Trinajstić information content (AvgIpc) is 2.67. The Bertz CT molecular complexity index is 314. The first-order valence-corrected chi connectivity index (χ1v) is 5.00.